The van der Waals surface area contributed by atoms with Crippen molar-refractivity contribution in [2.45, 2.75) is 26.1 Å². The Bertz CT molecular complexity index is 457. The van der Waals surface area contributed by atoms with Crippen molar-refractivity contribution in [3.63, 3.8) is 0 Å². The Balaban J connectivity index is 2.32. The minimum Gasteiger partial charge on any atom is -0.496 e. The summed E-state index contributed by atoms with van der Waals surface area (Å²) in [6.45, 7) is 5.08. The Kier molecular flexibility index (Phi) is 4.49. The van der Waals surface area contributed by atoms with Gasteiger partial charge in [-0.15, -0.1) is 0 Å². The zero-order valence-electron chi connectivity index (χ0n) is 12.4. The number of morpholine rings is 1. The van der Waals surface area contributed by atoms with Gasteiger partial charge in [0.2, 0.25) is 0 Å². The van der Waals surface area contributed by atoms with Crippen molar-refractivity contribution in [3.8, 4) is 11.5 Å². The van der Waals surface area contributed by atoms with Crippen molar-refractivity contribution in [3.05, 3.63) is 23.8 Å². The number of nitrogens with zero attached hydrogens (tertiary/aromatic N) is 1. The molecule has 0 radical (unpaired) electrons. The van der Waals surface area contributed by atoms with E-state index in [1.165, 1.54) is 0 Å². The van der Waals surface area contributed by atoms with Crippen LogP contribution in [0, 0.1) is 0 Å². The number of methoxy groups -OCH3 is 2. The largest absolute Gasteiger partial charge is 0.496 e. The van der Waals surface area contributed by atoms with Crippen molar-refractivity contribution in [1.29, 1.82) is 0 Å². The van der Waals surface area contributed by atoms with Crippen molar-refractivity contribution in [2.24, 2.45) is 0 Å². The average Bonchev–Trinajstić information content (AvgIpc) is 2.44. The van der Waals surface area contributed by atoms with Gasteiger partial charge in [0, 0.05) is 13.1 Å². The normalized spacial score (nSPS) is 22.5. The van der Waals surface area contributed by atoms with Crippen LogP contribution in [0.25, 0.3) is 0 Å². The molecule has 0 spiro atoms. The van der Waals surface area contributed by atoms with Crippen LogP contribution in [-0.4, -0.2) is 50.3 Å². The first kappa shape index (κ1) is 14.7. The van der Waals surface area contributed by atoms with Gasteiger partial charge < -0.3 is 19.1 Å². The van der Waals surface area contributed by atoms with E-state index in [0.717, 1.165) is 0 Å². The smallest absolute Gasteiger partial charge is 0.261 e. The number of amides is 1. The Morgan fingerprint density at radius 1 is 1.15 bits per heavy atom. The Morgan fingerprint density at radius 2 is 1.65 bits per heavy atom. The molecule has 5 heteroatoms. The zero-order valence-corrected chi connectivity index (χ0v) is 12.4. The maximum Gasteiger partial charge on any atom is 0.261 e. The molecule has 0 aromatic heterocycles. The molecule has 1 amide bonds. The van der Waals surface area contributed by atoms with E-state index in [0.29, 0.717) is 30.2 Å². The van der Waals surface area contributed by atoms with Crippen molar-refractivity contribution < 1.29 is 19.0 Å². The molecule has 1 aromatic rings. The van der Waals surface area contributed by atoms with E-state index in [-0.39, 0.29) is 18.1 Å². The molecule has 2 rings (SSSR count). The second-order valence-corrected chi connectivity index (χ2v) is 5.00. The number of benzene rings is 1. The number of ether oxygens (including phenoxy) is 3. The van der Waals surface area contributed by atoms with E-state index >= 15 is 0 Å². The van der Waals surface area contributed by atoms with Crippen LogP contribution in [0.1, 0.15) is 24.2 Å². The fraction of sp³-hybridized carbons (Fsp3) is 0.533. The molecule has 1 aliphatic heterocycles. The van der Waals surface area contributed by atoms with Gasteiger partial charge in [-0.25, -0.2) is 0 Å². The van der Waals surface area contributed by atoms with E-state index in [9.17, 15) is 4.79 Å². The molecule has 1 heterocycles. The summed E-state index contributed by atoms with van der Waals surface area (Å²) in [7, 11) is 3.10. The summed E-state index contributed by atoms with van der Waals surface area (Å²) < 4.78 is 16.2. The maximum absolute atomic E-state index is 12.8. The van der Waals surface area contributed by atoms with Gasteiger partial charge in [0.15, 0.2) is 0 Å². The highest BCUT2D eigenvalue weighted by Gasteiger charge is 2.30. The maximum atomic E-state index is 12.8. The Hall–Kier alpha value is -1.75. The van der Waals surface area contributed by atoms with Crippen molar-refractivity contribution >= 4 is 5.91 Å². The molecular weight excluding hydrogens is 258 g/mol. The summed E-state index contributed by atoms with van der Waals surface area (Å²) in [6.07, 6.45) is 0.0619. The first-order valence-electron chi connectivity index (χ1n) is 6.72. The third-order valence-corrected chi connectivity index (χ3v) is 3.35. The molecule has 1 aliphatic rings. The van der Waals surface area contributed by atoms with Crippen LogP contribution >= 0.6 is 0 Å². The Labute approximate surface area is 119 Å². The van der Waals surface area contributed by atoms with Gasteiger partial charge in [-0.1, -0.05) is 6.07 Å². The predicted octanol–water partition coefficient (Wildman–Crippen LogP) is 1.95. The number of rotatable bonds is 3. The quantitative estimate of drug-likeness (QED) is 0.848. The molecule has 5 nitrogen and oxygen atoms in total. The molecule has 2 atom stereocenters. The molecule has 1 saturated heterocycles. The molecule has 1 fully saturated rings. The summed E-state index contributed by atoms with van der Waals surface area (Å²) in [5.41, 5.74) is 0.471. The van der Waals surface area contributed by atoms with Gasteiger partial charge in [-0.2, -0.15) is 0 Å². The minimum atomic E-state index is -0.0821. The van der Waals surface area contributed by atoms with E-state index in [4.69, 9.17) is 14.2 Å². The highest BCUT2D eigenvalue weighted by Crippen LogP contribution is 2.30. The van der Waals surface area contributed by atoms with Crippen LogP contribution in [0.15, 0.2) is 18.2 Å². The average molecular weight is 279 g/mol. The SMILES string of the molecule is COc1cccc(OC)c1C(=O)N1CC(C)OC(C)C1. The lowest BCUT2D eigenvalue weighted by Gasteiger charge is -2.35. The van der Waals surface area contributed by atoms with E-state index in [2.05, 4.69) is 0 Å². The molecule has 20 heavy (non-hydrogen) atoms. The van der Waals surface area contributed by atoms with E-state index in [1.54, 1.807) is 37.3 Å². The number of carbonyl (C=O) groups is 1. The Morgan fingerprint density at radius 3 is 2.10 bits per heavy atom. The summed E-state index contributed by atoms with van der Waals surface area (Å²) in [5.74, 6) is 0.976. The third-order valence-electron chi connectivity index (χ3n) is 3.35. The molecule has 0 saturated carbocycles. The minimum absolute atomic E-state index is 0.0309. The number of hydrogen-bond acceptors (Lipinski definition) is 4. The highest BCUT2D eigenvalue weighted by molar-refractivity contribution is 5.99. The van der Waals surface area contributed by atoms with E-state index < -0.39 is 0 Å². The monoisotopic (exact) mass is 279 g/mol. The zero-order chi connectivity index (χ0) is 14.7. The van der Waals surface area contributed by atoms with Gasteiger partial charge in [0.1, 0.15) is 17.1 Å². The summed E-state index contributed by atoms with van der Waals surface area (Å²) in [6, 6.07) is 5.34. The molecular formula is C15H21NO4. The van der Waals surface area contributed by atoms with Gasteiger partial charge in [-0.3, -0.25) is 4.79 Å². The van der Waals surface area contributed by atoms with E-state index in [1.807, 2.05) is 13.8 Å². The van der Waals surface area contributed by atoms with Gasteiger partial charge in [-0.05, 0) is 26.0 Å². The van der Waals surface area contributed by atoms with Crippen LogP contribution in [0.5, 0.6) is 11.5 Å². The second-order valence-electron chi connectivity index (χ2n) is 5.00. The fourth-order valence-electron chi connectivity index (χ4n) is 2.56. The third kappa shape index (κ3) is 2.88. The van der Waals surface area contributed by atoms with Gasteiger partial charge >= 0.3 is 0 Å². The predicted molar refractivity (Wildman–Crippen MR) is 75.5 cm³/mol. The molecule has 2 unspecified atom stereocenters. The topological polar surface area (TPSA) is 48.0 Å². The molecule has 1 aromatic carbocycles. The van der Waals surface area contributed by atoms with Crippen LogP contribution < -0.4 is 9.47 Å². The summed E-state index contributed by atoms with van der Waals surface area (Å²) in [5, 5.41) is 0. The van der Waals surface area contributed by atoms with Crippen LogP contribution in [-0.2, 0) is 4.74 Å². The molecule has 0 N–H and O–H groups in total. The molecule has 0 bridgehead atoms. The lowest BCUT2D eigenvalue weighted by atomic mass is 10.1. The first-order chi connectivity index (χ1) is 9.56. The fourth-order valence-corrected chi connectivity index (χ4v) is 2.56. The first-order valence-corrected chi connectivity index (χ1v) is 6.72. The highest BCUT2D eigenvalue weighted by atomic mass is 16.5. The second kappa shape index (κ2) is 6.13. The van der Waals surface area contributed by atoms with Crippen LogP contribution in [0.2, 0.25) is 0 Å². The van der Waals surface area contributed by atoms with Gasteiger partial charge in [0.25, 0.3) is 5.91 Å². The van der Waals surface area contributed by atoms with Crippen molar-refractivity contribution in [2.75, 3.05) is 27.3 Å². The van der Waals surface area contributed by atoms with Crippen LogP contribution in [0.4, 0.5) is 0 Å². The molecule has 110 valence electrons. The number of carbonyl (C=O) groups excluding carboxylic acids is 1. The lowest BCUT2D eigenvalue weighted by Crippen LogP contribution is -2.48. The summed E-state index contributed by atoms with van der Waals surface area (Å²) in [4.78, 5) is 14.6. The number of hydrogen-bond donors (Lipinski definition) is 0. The van der Waals surface area contributed by atoms with Crippen molar-refractivity contribution in [1.82, 2.24) is 4.90 Å². The summed E-state index contributed by atoms with van der Waals surface area (Å²) >= 11 is 0. The van der Waals surface area contributed by atoms with Gasteiger partial charge in [0.05, 0.1) is 26.4 Å². The molecule has 0 aliphatic carbocycles. The lowest BCUT2D eigenvalue weighted by molar-refractivity contribution is -0.0587. The standard InChI is InChI=1S/C15H21NO4/c1-10-8-16(9-11(2)20-10)15(17)14-12(18-3)6-5-7-13(14)19-4/h5-7,10-11H,8-9H2,1-4H3. The van der Waals surface area contributed by atoms with Crippen LogP contribution in [0.3, 0.4) is 0 Å².